The number of amides is 2. The van der Waals surface area contributed by atoms with E-state index in [9.17, 15) is 19.7 Å². The lowest BCUT2D eigenvalue weighted by Gasteiger charge is -2.16. The maximum absolute atomic E-state index is 12.6. The van der Waals surface area contributed by atoms with E-state index in [4.69, 9.17) is 0 Å². The Kier molecular flexibility index (Phi) is 5.72. The molecule has 9 nitrogen and oxygen atoms in total. The predicted octanol–water partition coefficient (Wildman–Crippen LogP) is 3.84. The maximum atomic E-state index is 12.6. The topological polar surface area (TPSA) is 110 Å². The van der Waals surface area contributed by atoms with Crippen LogP contribution >= 0.6 is 0 Å². The summed E-state index contributed by atoms with van der Waals surface area (Å²) >= 11 is 0. The van der Waals surface area contributed by atoms with E-state index in [2.05, 4.69) is 10.4 Å². The van der Waals surface area contributed by atoms with Crippen LogP contribution < -0.4 is 10.2 Å². The van der Waals surface area contributed by atoms with Crippen molar-refractivity contribution in [2.45, 2.75) is 33.2 Å². The van der Waals surface area contributed by atoms with Gasteiger partial charge in [0.1, 0.15) is 11.4 Å². The Labute approximate surface area is 184 Å². The minimum Gasteiger partial charge on any atom is -0.322 e. The molecule has 0 aliphatic carbocycles. The summed E-state index contributed by atoms with van der Waals surface area (Å²) in [6.07, 6.45) is 1.44. The van der Waals surface area contributed by atoms with Gasteiger partial charge in [0, 0.05) is 29.9 Å². The Bertz CT molecular complexity index is 1180. The van der Waals surface area contributed by atoms with E-state index in [1.807, 2.05) is 12.1 Å². The van der Waals surface area contributed by atoms with Gasteiger partial charge in [0.25, 0.3) is 5.91 Å². The second kappa shape index (κ2) is 8.62. The van der Waals surface area contributed by atoms with Crippen LogP contribution in [0.15, 0.2) is 48.5 Å². The lowest BCUT2D eigenvalue weighted by Crippen LogP contribution is -2.23. The number of nitrogens with one attached hydrogen (secondary N) is 1. The van der Waals surface area contributed by atoms with Gasteiger partial charge in [-0.2, -0.15) is 5.10 Å². The number of nitro groups is 1. The van der Waals surface area contributed by atoms with Crippen LogP contribution in [0.5, 0.6) is 0 Å². The van der Waals surface area contributed by atoms with Gasteiger partial charge in [-0.25, -0.2) is 0 Å². The quantitative estimate of drug-likeness (QED) is 0.469. The molecule has 2 amide bonds. The number of benzene rings is 2. The third-order valence-electron chi connectivity index (χ3n) is 5.58. The zero-order valence-electron chi connectivity index (χ0n) is 17.9. The summed E-state index contributed by atoms with van der Waals surface area (Å²) in [4.78, 5) is 36.9. The highest BCUT2D eigenvalue weighted by Gasteiger charge is 2.22. The summed E-state index contributed by atoms with van der Waals surface area (Å²) in [5.74, 6) is -0.125. The Hall–Kier alpha value is -4.01. The number of aromatic nitrogens is 2. The Morgan fingerprint density at radius 2 is 1.81 bits per heavy atom. The first-order valence-electron chi connectivity index (χ1n) is 10.3. The fraction of sp³-hybridized carbons (Fsp3) is 0.261. The van der Waals surface area contributed by atoms with Crippen LogP contribution in [0.25, 0.3) is 0 Å². The van der Waals surface area contributed by atoms with E-state index in [0.717, 1.165) is 24.2 Å². The number of carbonyl (C=O) groups excluding carboxylic acids is 2. The van der Waals surface area contributed by atoms with Crippen molar-refractivity contribution in [3.8, 4) is 0 Å². The number of aryl methyl sites for hydroxylation is 1. The molecule has 164 valence electrons. The summed E-state index contributed by atoms with van der Waals surface area (Å²) in [6, 6.07) is 14.2. The van der Waals surface area contributed by atoms with E-state index in [-0.39, 0.29) is 17.5 Å². The Morgan fingerprint density at radius 3 is 2.38 bits per heavy atom. The van der Waals surface area contributed by atoms with Crippen molar-refractivity contribution in [3.05, 3.63) is 81.2 Å². The van der Waals surface area contributed by atoms with Crippen molar-refractivity contribution in [1.82, 2.24) is 9.78 Å². The molecular weight excluding hydrogens is 410 g/mol. The number of hydrogen-bond donors (Lipinski definition) is 1. The third-order valence-corrected chi connectivity index (χ3v) is 5.58. The first kappa shape index (κ1) is 21.2. The molecule has 0 atom stereocenters. The van der Waals surface area contributed by atoms with Crippen molar-refractivity contribution < 1.29 is 14.5 Å². The molecule has 0 bridgehead atoms. The van der Waals surface area contributed by atoms with Crippen molar-refractivity contribution >= 4 is 28.9 Å². The average molecular weight is 433 g/mol. The zero-order chi connectivity index (χ0) is 22.8. The number of nitrogens with zero attached hydrogens (tertiary/aromatic N) is 4. The molecule has 1 saturated heterocycles. The van der Waals surface area contributed by atoms with Gasteiger partial charge in [-0.1, -0.05) is 12.1 Å². The molecule has 0 unspecified atom stereocenters. The normalized spacial score (nSPS) is 13.4. The Morgan fingerprint density at radius 1 is 1.12 bits per heavy atom. The maximum Gasteiger partial charge on any atom is 0.312 e. The van der Waals surface area contributed by atoms with Crippen molar-refractivity contribution in [2.24, 2.45) is 0 Å². The van der Waals surface area contributed by atoms with Crippen molar-refractivity contribution in [3.63, 3.8) is 0 Å². The highest BCUT2D eigenvalue weighted by atomic mass is 16.6. The fourth-order valence-corrected chi connectivity index (χ4v) is 3.89. The SMILES string of the molecule is Cc1nn(Cc2ccc(C(=O)Nc3ccc(N4CCCC4=O)cc3)cc2)c(C)c1[N+](=O)[O-]. The highest BCUT2D eigenvalue weighted by Crippen LogP contribution is 2.24. The number of carbonyl (C=O) groups is 2. The van der Waals surface area contributed by atoms with Crippen LogP contribution in [0.3, 0.4) is 0 Å². The first-order chi connectivity index (χ1) is 15.3. The van der Waals surface area contributed by atoms with E-state index >= 15 is 0 Å². The largest absolute Gasteiger partial charge is 0.322 e. The second-order valence-corrected chi connectivity index (χ2v) is 7.78. The molecule has 1 aromatic heterocycles. The van der Waals surface area contributed by atoms with E-state index < -0.39 is 4.92 Å². The number of anilines is 2. The van der Waals surface area contributed by atoms with Crippen LogP contribution in [-0.2, 0) is 11.3 Å². The molecule has 4 rings (SSSR count). The molecule has 0 radical (unpaired) electrons. The van der Waals surface area contributed by atoms with E-state index in [0.29, 0.717) is 35.6 Å². The minimum atomic E-state index is -0.420. The molecule has 1 N–H and O–H groups in total. The van der Waals surface area contributed by atoms with Gasteiger partial charge in [0.2, 0.25) is 5.91 Å². The van der Waals surface area contributed by atoms with Crippen LogP contribution in [0.2, 0.25) is 0 Å². The van der Waals surface area contributed by atoms with Gasteiger partial charge in [0.05, 0.1) is 11.5 Å². The molecule has 9 heteroatoms. The number of hydrogen-bond acceptors (Lipinski definition) is 5. The summed E-state index contributed by atoms with van der Waals surface area (Å²) < 4.78 is 1.59. The lowest BCUT2D eigenvalue weighted by atomic mass is 10.1. The molecule has 1 aliphatic rings. The van der Waals surface area contributed by atoms with Gasteiger partial charge in [-0.3, -0.25) is 24.4 Å². The minimum absolute atomic E-state index is 0.0288. The molecule has 1 aliphatic heterocycles. The molecule has 2 aromatic carbocycles. The number of rotatable bonds is 6. The molecule has 2 heterocycles. The summed E-state index contributed by atoms with van der Waals surface area (Å²) in [7, 11) is 0. The molecular formula is C23H23N5O4. The third kappa shape index (κ3) is 4.22. The van der Waals surface area contributed by atoms with Gasteiger partial charge in [-0.15, -0.1) is 0 Å². The van der Waals surface area contributed by atoms with Crippen LogP contribution in [0.4, 0.5) is 17.1 Å². The highest BCUT2D eigenvalue weighted by molar-refractivity contribution is 6.04. The molecule has 3 aromatic rings. The average Bonchev–Trinajstić information content (AvgIpc) is 3.31. The lowest BCUT2D eigenvalue weighted by molar-refractivity contribution is -0.386. The van der Waals surface area contributed by atoms with Crippen molar-refractivity contribution in [1.29, 1.82) is 0 Å². The fourth-order valence-electron chi connectivity index (χ4n) is 3.89. The Balaban J connectivity index is 1.41. The molecule has 0 saturated carbocycles. The second-order valence-electron chi connectivity index (χ2n) is 7.78. The molecule has 0 spiro atoms. The van der Waals surface area contributed by atoms with Crippen LogP contribution in [-0.4, -0.2) is 33.1 Å². The predicted molar refractivity (Wildman–Crippen MR) is 120 cm³/mol. The van der Waals surface area contributed by atoms with Crippen LogP contribution in [0.1, 0.15) is 40.2 Å². The van der Waals surface area contributed by atoms with E-state index in [1.54, 1.807) is 59.8 Å². The van der Waals surface area contributed by atoms with Gasteiger partial charge in [0.15, 0.2) is 0 Å². The summed E-state index contributed by atoms with van der Waals surface area (Å²) in [6.45, 7) is 4.39. The molecule has 1 fully saturated rings. The van der Waals surface area contributed by atoms with Crippen molar-refractivity contribution in [2.75, 3.05) is 16.8 Å². The molecule has 32 heavy (non-hydrogen) atoms. The van der Waals surface area contributed by atoms with E-state index in [1.165, 1.54) is 0 Å². The standard InChI is InChI=1S/C23H23N5O4/c1-15-22(28(31)32)16(2)27(25-15)14-17-5-7-18(8-6-17)23(30)24-19-9-11-20(12-10-19)26-13-3-4-21(26)29/h5-12H,3-4,13-14H2,1-2H3,(H,24,30). The summed E-state index contributed by atoms with van der Waals surface area (Å²) in [5.41, 5.74) is 3.75. The first-order valence-corrected chi connectivity index (χ1v) is 10.3. The van der Waals surface area contributed by atoms with Gasteiger partial charge < -0.3 is 10.2 Å². The summed E-state index contributed by atoms with van der Waals surface area (Å²) in [5, 5.41) is 18.3. The zero-order valence-corrected chi connectivity index (χ0v) is 17.9. The monoisotopic (exact) mass is 433 g/mol. The smallest absolute Gasteiger partial charge is 0.312 e. The van der Waals surface area contributed by atoms with Gasteiger partial charge >= 0.3 is 5.69 Å². The van der Waals surface area contributed by atoms with Gasteiger partial charge in [-0.05, 0) is 62.2 Å². The van der Waals surface area contributed by atoms with Crippen LogP contribution in [0, 0.1) is 24.0 Å².